The number of aliphatic hydroxyl groups is 1. The number of aromatic nitrogens is 2. The van der Waals surface area contributed by atoms with Crippen molar-refractivity contribution >= 4 is 17.2 Å². The number of nitrogens with one attached hydrogen (secondary N) is 2. The molecule has 3 N–H and O–H groups in total. The van der Waals surface area contributed by atoms with E-state index in [1.807, 2.05) is 30.5 Å². The average Bonchev–Trinajstić information content (AvgIpc) is 3.43. The maximum Gasteiger partial charge on any atom is 0.251 e. The molecule has 0 aliphatic carbocycles. The van der Waals surface area contributed by atoms with Gasteiger partial charge in [0.05, 0.1) is 17.8 Å². The minimum atomic E-state index is -1.03. The molecule has 2 heterocycles. The third kappa shape index (κ3) is 7.48. The van der Waals surface area contributed by atoms with E-state index in [0.717, 1.165) is 34.4 Å². The number of carbonyl (C=O) groups is 1. The number of pyridine rings is 1. The molecule has 37 heavy (non-hydrogen) atoms. The standard InChI is InChI=1S/C28H28F2N4O2S/c1-2-23-4-3-5-24(33-23)16-31-17-26(35)25(14-18-12-21(29)15-22(30)13-18)34-27(36)19-6-8-20(9-7-19)28-32-10-11-37-28/h3-13,15,25-26,31,35H,2,14,16-17H2,1H3,(H,34,36)/t25-,26+/m0/s1. The second-order valence-corrected chi connectivity index (χ2v) is 9.54. The van der Waals surface area contributed by atoms with Gasteiger partial charge in [0.2, 0.25) is 0 Å². The Balaban J connectivity index is 1.45. The molecule has 0 fully saturated rings. The van der Waals surface area contributed by atoms with Crippen LogP contribution in [0.5, 0.6) is 0 Å². The van der Waals surface area contributed by atoms with Crippen molar-refractivity contribution in [2.45, 2.75) is 38.5 Å². The van der Waals surface area contributed by atoms with Crippen LogP contribution in [0.25, 0.3) is 10.6 Å². The predicted molar refractivity (Wildman–Crippen MR) is 140 cm³/mol. The van der Waals surface area contributed by atoms with E-state index in [-0.39, 0.29) is 13.0 Å². The van der Waals surface area contributed by atoms with Gasteiger partial charge >= 0.3 is 0 Å². The average molecular weight is 523 g/mol. The summed E-state index contributed by atoms with van der Waals surface area (Å²) in [7, 11) is 0. The molecule has 6 nitrogen and oxygen atoms in total. The van der Waals surface area contributed by atoms with Crippen LogP contribution in [0.15, 0.2) is 72.2 Å². The highest BCUT2D eigenvalue weighted by molar-refractivity contribution is 7.13. The molecule has 0 spiro atoms. The van der Waals surface area contributed by atoms with E-state index in [1.54, 1.807) is 30.5 Å². The molecule has 0 saturated carbocycles. The number of halogens is 2. The fourth-order valence-corrected chi connectivity index (χ4v) is 4.61. The summed E-state index contributed by atoms with van der Waals surface area (Å²) in [5.41, 5.74) is 3.43. The van der Waals surface area contributed by atoms with E-state index in [2.05, 4.69) is 20.6 Å². The number of aryl methyl sites for hydroxylation is 1. The normalized spacial score (nSPS) is 12.8. The largest absolute Gasteiger partial charge is 0.390 e. The van der Waals surface area contributed by atoms with Crippen molar-refractivity contribution in [1.82, 2.24) is 20.6 Å². The Hall–Kier alpha value is -3.53. The minimum Gasteiger partial charge on any atom is -0.390 e. The number of hydrogen-bond donors (Lipinski definition) is 3. The van der Waals surface area contributed by atoms with Gasteiger partial charge in [0, 0.05) is 47.6 Å². The van der Waals surface area contributed by atoms with Gasteiger partial charge in [0.1, 0.15) is 16.6 Å². The first kappa shape index (κ1) is 26.5. The van der Waals surface area contributed by atoms with Crippen LogP contribution in [-0.2, 0) is 19.4 Å². The molecule has 0 aliphatic rings. The lowest BCUT2D eigenvalue weighted by molar-refractivity contribution is 0.0829. The molecule has 0 saturated heterocycles. The number of nitrogens with zero attached hydrogens (tertiary/aromatic N) is 2. The van der Waals surface area contributed by atoms with Crippen LogP contribution in [0.4, 0.5) is 8.78 Å². The molecule has 4 aromatic rings. The van der Waals surface area contributed by atoms with Gasteiger partial charge in [-0.15, -0.1) is 11.3 Å². The summed E-state index contributed by atoms with van der Waals surface area (Å²) in [5, 5.41) is 19.7. The summed E-state index contributed by atoms with van der Waals surface area (Å²) in [6.45, 7) is 2.60. The zero-order valence-electron chi connectivity index (χ0n) is 20.3. The molecule has 1 amide bonds. The van der Waals surface area contributed by atoms with E-state index in [0.29, 0.717) is 17.7 Å². The van der Waals surface area contributed by atoms with E-state index < -0.39 is 29.7 Å². The molecule has 0 aliphatic heterocycles. The summed E-state index contributed by atoms with van der Waals surface area (Å²) in [5.74, 6) is -1.83. The Labute approximate surface area is 218 Å². The van der Waals surface area contributed by atoms with Crippen molar-refractivity contribution in [3.8, 4) is 10.6 Å². The number of benzene rings is 2. The first-order chi connectivity index (χ1) is 17.9. The number of hydrogen-bond acceptors (Lipinski definition) is 6. The monoisotopic (exact) mass is 522 g/mol. The molecule has 0 radical (unpaired) electrons. The summed E-state index contributed by atoms with van der Waals surface area (Å²) in [6.07, 6.45) is 1.55. The van der Waals surface area contributed by atoms with Crippen LogP contribution in [0, 0.1) is 11.6 Å². The molecular weight excluding hydrogens is 494 g/mol. The molecule has 9 heteroatoms. The number of carbonyl (C=O) groups excluding carboxylic acids is 1. The van der Waals surface area contributed by atoms with Gasteiger partial charge < -0.3 is 15.7 Å². The Kier molecular flexibility index (Phi) is 9.05. The van der Waals surface area contributed by atoms with Gasteiger partial charge in [-0.25, -0.2) is 13.8 Å². The number of aliphatic hydroxyl groups excluding tert-OH is 1. The first-order valence-corrected chi connectivity index (χ1v) is 12.9. The van der Waals surface area contributed by atoms with Crippen molar-refractivity contribution in [2.75, 3.05) is 6.54 Å². The van der Waals surface area contributed by atoms with Crippen molar-refractivity contribution in [1.29, 1.82) is 0 Å². The maximum atomic E-state index is 13.8. The lowest BCUT2D eigenvalue weighted by Gasteiger charge is -2.25. The predicted octanol–water partition coefficient (Wildman–Crippen LogP) is 4.54. The zero-order valence-corrected chi connectivity index (χ0v) is 21.1. The molecule has 0 unspecified atom stereocenters. The quantitative estimate of drug-likeness (QED) is 0.269. The second-order valence-electron chi connectivity index (χ2n) is 8.65. The van der Waals surface area contributed by atoms with Crippen LogP contribution in [0.1, 0.15) is 34.2 Å². The summed E-state index contributed by atoms with van der Waals surface area (Å²) >= 11 is 1.50. The fraction of sp³-hybridized carbons (Fsp3) is 0.250. The third-order valence-corrected chi connectivity index (χ3v) is 6.69. The molecule has 2 atom stereocenters. The molecule has 2 aromatic carbocycles. The van der Waals surface area contributed by atoms with Crippen LogP contribution in [0.2, 0.25) is 0 Å². The highest BCUT2D eigenvalue weighted by atomic mass is 32.1. The van der Waals surface area contributed by atoms with Crippen molar-refractivity contribution in [2.24, 2.45) is 0 Å². The molecule has 0 bridgehead atoms. The first-order valence-electron chi connectivity index (χ1n) is 12.0. The van der Waals surface area contributed by atoms with Gasteiger partial charge in [0.15, 0.2) is 0 Å². The summed E-state index contributed by atoms with van der Waals surface area (Å²) in [4.78, 5) is 21.8. The van der Waals surface area contributed by atoms with E-state index >= 15 is 0 Å². The maximum absolute atomic E-state index is 13.8. The third-order valence-electron chi connectivity index (χ3n) is 5.87. The Bertz CT molecular complexity index is 1300. The van der Waals surface area contributed by atoms with Gasteiger partial charge in [-0.2, -0.15) is 0 Å². The highest BCUT2D eigenvalue weighted by Gasteiger charge is 2.23. The van der Waals surface area contributed by atoms with Gasteiger partial charge in [0.25, 0.3) is 5.91 Å². The zero-order chi connectivity index (χ0) is 26.2. The van der Waals surface area contributed by atoms with Gasteiger partial charge in [-0.05, 0) is 54.8 Å². The van der Waals surface area contributed by atoms with E-state index in [4.69, 9.17) is 0 Å². The molecular formula is C28H28F2N4O2S. The van der Waals surface area contributed by atoms with Crippen LogP contribution < -0.4 is 10.6 Å². The van der Waals surface area contributed by atoms with Crippen molar-refractivity contribution < 1.29 is 18.7 Å². The van der Waals surface area contributed by atoms with E-state index in [9.17, 15) is 18.7 Å². The van der Waals surface area contributed by atoms with Crippen LogP contribution in [-0.4, -0.2) is 39.7 Å². The van der Waals surface area contributed by atoms with Gasteiger partial charge in [-0.3, -0.25) is 9.78 Å². The lowest BCUT2D eigenvalue weighted by atomic mass is 10.00. The molecule has 192 valence electrons. The molecule has 4 rings (SSSR count). The summed E-state index contributed by atoms with van der Waals surface area (Å²) in [6, 6.07) is 15.1. The number of rotatable bonds is 11. The molecule has 2 aromatic heterocycles. The van der Waals surface area contributed by atoms with Crippen molar-refractivity contribution in [3.63, 3.8) is 0 Å². The van der Waals surface area contributed by atoms with Crippen LogP contribution >= 0.6 is 11.3 Å². The Morgan fingerprint density at radius 1 is 1.05 bits per heavy atom. The SMILES string of the molecule is CCc1cccc(CNC[C@@H](O)[C@H](Cc2cc(F)cc(F)c2)NC(=O)c2ccc(-c3nccs3)cc2)n1. The van der Waals surface area contributed by atoms with Crippen LogP contribution in [0.3, 0.4) is 0 Å². The Morgan fingerprint density at radius 2 is 1.78 bits per heavy atom. The number of amides is 1. The Morgan fingerprint density at radius 3 is 2.46 bits per heavy atom. The second kappa shape index (κ2) is 12.6. The number of thiazole rings is 1. The van der Waals surface area contributed by atoms with Crippen molar-refractivity contribution in [3.05, 3.63) is 106 Å². The topological polar surface area (TPSA) is 87.1 Å². The highest BCUT2D eigenvalue weighted by Crippen LogP contribution is 2.22. The smallest absolute Gasteiger partial charge is 0.251 e. The fourth-order valence-electron chi connectivity index (χ4n) is 3.96. The van der Waals surface area contributed by atoms with Gasteiger partial charge in [-0.1, -0.05) is 25.1 Å². The lowest BCUT2D eigenvalue weighted by Crippen LogP contribution is -2.48. The summed E-state index contributed by atoms with van der Waals surface area (Å²) < 4.78 is 27.6. The van der Waals surface area contributed by atoms with E-state index in [1.165, 1.54) is 23.5 Å². The minimum absolute atomic E-state index is 0.0457.